The quantitative estimate of drug-likeness (QED) is 0.757. The number of methoxy groups -OCH3 is 1. The molecular formula is C14H28N2O2. The molecule has 2 atom stereocenters. The van der Waals surface area contributed by atoms with Crippen molar-refractivity contribution in [3.05, 3.63) is 0 Å². The van der Waals surface area contributed by atoms with Crippen LogP contribution in [0.4, 0.5) is 0 Å². The zero-order chi connectivity index (χ0) is 13.7. The SMILES string of the molecule is COC(=O)[C@H](NC(C)C1CCN(C)CC1)C(C)C. The number of likely N-dealkylation sites (tertiary alicyclic amines) is 1. The van der Waals surface area contributed by atoms with Gasteiger partial charge in [-0.05, 0) is 51.7 Å². The third-order valence-electron chi connectivity index (χ3n) is 4.03. The van der Waals surface area contributed by atoms with Gasteiger partial charge in [-0.1, -0.05) is 13.8 Å². The molecule has 1 rings (SSSR count). The molecule has 18 heavy (non-hydrogen) atoms. The van der Waals surface area contributed by atoms with Crippen LogP contribution in [0.1, 0.15) is 33.6 Å². The van der Waals surface area contributed by atoms with E-state index in [0.717, 1.165) is 13.1 Å². The fraction of sp³-hybridized carbons (Fsp3) is 0.929. The second-order valence-corrected chi connectivity index (χ2v) is 5.84. The summed E-state index contributed by atoms with van der Waals surface area (Å²) < 4.78 is 4.87. The lowest BCUT2D eigenvalue weighted by molar-refractivity contribution is -0.144. The summed E-state index contributed by atoms with van der Waals surface area (Å²) in [5, 5.41) is 3.46. The van der Waals surface area contributed by atoms with Crippen LogP contribution in [0, 0.1) is 11.8 Å². The van der Waals surface area contributed by atoms with Crippen molar-refractivity contribution in [1.82, 2.24) is 10.2 Å². The average molecular weight is 256 g/mol. The van der Waals surface area contributed by atoms with Crippen LogP contribution in [-0.2, 0) is 9.53 Å². The van der Waals surface area contributed by atoms with Crippen LogP contribution in [0.2, 0.25) is 0 Å². The van der Waals surface area contributed by atoms with E-state index in [1.165, 1.54) is 20.0 Å². The van der Waals surface area contributed by atoms with Crippen LogP contribution in [0.3, 0.4) is 0 Å². The molecule has 0 bridgehead atoms. The summed E-state index contributed by atoms with van der Waals surface area (Å²) >= 11 is 0. The van der Waals surface area contributed by atoms with Gasteiger partial charge in [0.05, 0.1) is 7.11 Å². The third-order valence-corrected chi connectivity index (χ3v) is 4.03. The van der Waals surface area contributed by atoms with Gasteiger partial charge in [0.1, 0.15) is 6.04 Å². The monoisotopic (exact) mass is 256 g/mol. The summed E-state index contributed by atoms with van der Waals surface area (Å²) in [5.41, 5.74) is 0. The van der Waals surface area contributed by atoms with Crippen LogP contribution in [0.5, 0.6) is 0 Å². The first-order chi connectivity index (χ1) is 8.45. The Hall–Kier alpha value is -0.610. The summed E-state index contributed by atoms with van der Waals surface area (Å²) in [6.07, 6.45) is 2.41. The van der Waals surface area contributed by atoms with E-state index in [1.54, 1.807) is 0 Å². The Kier molecular flexibility index (Phi) is 6.09. The topological polar surface area (TPSA) is 41.6 Å². The smallest absolute Gasteiger partial charge is 0.323 e. The maximum atomic E-state index is 11.7. The largest absolute Gasteiger partial charge is 0.468 e. The Morgan fingerprint density at radius 1 is 1.28 bits per heavy atom. The van der Waals surface area contributed by atoms with E-state index < -0.39 is 0 Å². The Morgan fingerprint density at radius 2 is 1.83 bits per heavy atom. The number of hydrogen-bond acceptors (Lipinski definition) is 4. The standard InChI is InChI=1S/C14H28N2O2/c1-10(2)13(14(17)18-5)15-11(3)12-6-8-16(4)9-7-12/h10-13,15H,6-9H2,1-5H3/t11?,13-/m1/s1. The first kappa shape index (κ1) is 15.4. The molecule has 0 aromatic heterocycles. The molecule has 1 saturated heterocycles. The number of hydrogen-bond donors (Lipinski definition) is 1. The van der Waals surface area contributed by atoms with Crippen molar-refractivity contribution in [2.45, 2.75) is 45.7 Å². The van der Waals surface area contributed by atoms with E-state index in [2.05, 4.69) is 38.0 Å². The lowest BCUT2D eigenvalue weighted by Crippen LogP contribution is -2.50. The van der Waals surface area contributed by atoms with E-state index in [0.29, 0.717) is 12.0 Å². The van der Waals surface area contributed by atoms with E-state index in [1.807, 2.05) is 0 Å². The summed E-state index contributed by atoms with van der Waals surface area (Å²) in [4.78, 5) is 14.1. The van der Waals surface area contributed by atoms with Crippen LogP contribution in [0.25, 0.3) is 0 Å². The average Bonchev–Trinajstić information content (AvgIpc) is 2.35. The number of carbonyl (C=O) groups is 1. The first-order valence-corrected chi connectivity index (χ1v) is 6.98. The minimum absolute atomic E-state index is 0.148. The van der Waals surface area contributed by atoms with Crippen LogP contribution in [0.15, 0.2) is 0 Å². The second kappa shape index (κ2) is 7.10. The Bertz CT molecular complexity index is 261. The predicted octanol–water partition coefficient (Wildman–Crippen LogP) is 1.50. The maximum absolute atomic E-state index is 11.7. The Labute approximate surface area is 111 Å². The van der Waals surface area contributed by atoms with Gasteiger partial charge >= 0.3 is 5.97 Å². The van der Waals surface area contributed by atoms with Crippen molar-refractivity contribution in [2.24, 2.45) is 11.8 Å². The zero-order valence-corrected chi connectivity index (χ0v) is 12.4. The van der Waals surface area contributed by atoms with Gasteiger partial charge in [0.25, 0.3) is 0 Å². The number of nitrogens with one attached hydrogen (secondary N) is 1. The van der Waals surface area contributed by atoms with Crippen LogP contribution < -0.4 is 5.32 Å². The fourth-order valence-corrected chi connectivity index (χ4v) is 2.61. The number of carbonyl (C=O) groups excluding carboxylic acids is 1. The lowest BCUT2D eigenvalue weighted by atomic mass is 9.89. The molecule has 0 aromatic carbocycles. The van der Waals surface area contributed by atoms with Crippen molar-refractivity contribution in [3.63, 3.8) is 0 Å². The maximum Gasteiger partial charge on any atom is 0.323 e. The summed E-state index contributed by atoms with van der Waals surface area (Å²) in [6, 6.07) is 0.176. The Balaban J connectivity index is 2.50. The molecule has 1 heterocycles. The number of ether oxygens (including phenoxy) is 1. The number of piperidine rings is 1. The lowest BCUT2D eigenvalue weighted by Gasteiger charge is -2.35. The van der Waals surface area contributed by atoms with Crippen molar-refractivity contribution in [3.8, 4) is 0 Å². The molecule has 1 N–H and O–H groups in total. The molecule has 1 fully saturated rings. The molecule has 4 heteroatoms. The molecule has 0 amide bonds. The van der Waals surface area contributed by atoms with Crippen LogP contribution >= 0.6 is 0 Å². The van der Waals surface area contributed by atoms with Crippen molar-refractivity contribution in [2.75, 3.05) is 27.2 Å². The molecule has 1 unspecified atom stereocenters. The summed E-state index contributed by atoms with van der Waals surface area (Å²) in [5.74, 6) is 0.767. The molecule has 1 aliphatic heterocycles. The van der Waals surface area contributed by atoms with E-state index in [4.69, 9.17) is 4.74 Å². The van der Waals surface area contributed by atoms with Crippen molar-refractivity contribution >= 4 is 5.97 Å². The molecule has 0 aromatic rings. The summed E-state index contributed by atoms with van der Waals surface area (Å²) in [6.45, 7) is 8.60. The highest BCUT2D eigenvalue weighted by atomic mass is 16.5. The van der Waals surface area contributed by atoms with Crippen molar-refractivity contribution in [1.29, 1.82) is 0 Å². The molecular weight excluding hydrogens is 228 g/mol. The van der Waals surface area contributed by atoms with Gasteiger partial charge in [-0.2, -0.15) is 0 Å². The second-order valence-electron chi connectivity index (χ2n) is 5.84. The molecule has 1 aliphatic rings. The molecule has 0 radical (unpaired) electrons. The van der Waals surface area contributed by atoms with Gasteiger partial charge in [-0.25, -0.2) is 0 Å². The fourth-order valence-electron chi connectivity index (χ4n) is 2.61. The summed E-state index contributed by atoms with van der Waals surface area (Å²) in [7, 11) is 3.62. The zero-order valence-electron chi connectivity index (χ0n) is 12.4. The van der Waals surface area contributed by atoms with Gasteiger partial charge in [0.2, 0.25) is 0 Å². The molecule has 0 spiro atoms. The molecule has 0 saturated carbocycles. The number of nitrogens with zero attached hydrogens (tertiary/aromatic N) is 1. The van der Waals surface area contributed by atoms with Crippen molar-refractivity contribution < 1.29 is 9.53 Å². The first-order valence-electron chi connectivity index (χ1n) is 6.98. The number of esters is 1. The van der Waals surface area contributed by atoms with E-state index >= 15 is 0 Å². The highest BCUT2D eigenvalue weighted by molar-refractivity contribution is 5.75. The normalized spacial score (nSPS) is 21.9. The van der Waals surface area contributed by atoms with Gasteiger partial charge in [-0.3, -0.25) is 4.79 Å². The Morgan fingerprint density at radius 3 is 2.28 bits per heavy atom. The van der Waals surface area contributed by atoms with E-state index in [9.17, 15) is 4.79 Å². The highest BCUT2D eigenvalue weighted by Crippen LogP contribution is 2.20. The number of rotatable bonds is 5. The molecule has 4 nitrogen and oxygen atoms in total. The van der Waals surface area contributed by atoms with Gasteiger partial charge in [0, 0.05) is 6.04 Å². The third kappa shape index (κ3) is 4.25. The minimum atomic E-state index is -0.190. The predicted molar refractivity (Wildman–Crippen MR) is 73.5 cm³/mol. The van der Waals surface area contributed by atoms with Crippen LogP contribution in [-0.4, -0.2) is 50.2 Å². The molecule has 0 aliphatic carbocycles. The molecule has 106 valence electrons. The van der Waals surface area contributed by atoms with E-state index in [-0.39, 0.29) is 17.9 Å². The van der Waals surface area contributed by atoms with Gasteiger partial charge < -0.3 is 15.0 Å². The highest BCUT2D eigenvalue weighted by Gasteiger charge is 2.29. The van der Waals surface area contributed by atoms with Gasteiger partial charge in [-0.15, -0.1) is 0 Å². The minimum Gasteiger partial charge on any atom is -0.468 e. The van der Waals surface area contributed by atoms with Gasteiger partial charge in [0.15, 0.2) is 0 Å².